The summed E-state index contributed by atoms with van der Waals surface area (Å²) in [6.07, 6.45) is 1.58. The molecule has 0 unspecified atom stereocenters. The molecule has 1 aromatic carbocycles. The number of morpholine rings is 1. The number of ketones is 1. The molecule has 0 saturated carbocycles. The summed E-state index contributed by atoms with van der Waals surface area (Å²) in [5.41, 5.74) is 1.30. The minimum atomic E-state index is -1.01. The van der Waals surface area contributed by atoms with Crippen molar-refractivity contribution in [1.82, 2.24) is 25.2 Å². The molecule has 0 spiro atoms. The zero-order chi connectivity index (χ0) is 20.9. The number of carbonyl (C=O) groups is 2. The van der Waals surface area contributed by atoms with Crippen molar-refractivity contribution in [1.29, 1.82) is 0 Å². The first-order valence-corrected chi connectivity index (χ1v) is 10.2. The van der Waals surface area contributed by atoms with Gasteiger partial charge in [0.15, 0.2) is 5.78 Å². The summed E-state index contributed by atoms with van der Waals surface area (Å²) >= 11 is 1.20. The Morgan fingerprint density at radius 3 is 2.47 bits per heavy atom. The summed E-state index contributed by atoms with van der Waals surface area (Å²) in [5, 5.41) is 21.0. The van der Waals surface area contributed by atoms with Crippen LogP contribution in [0, 0.1) is 0 Å². The van der Waals surface area contributed by atoms with E-state index in [1.807, 2.05) is 6.07 Å². The Balaban J connectivity index is 1.40. The van der Waals surface area contributed by atoms with Crippen molar-refractivity contribution < 1.29 is 19.4 Å². The molecule has 30 heavy (non-hydrogen) atoms. The molecule has 10 nitrogen and oxygen atoms in total. The fraction of sp³-hybridized carbons (Fsp3) is 0.263. The maximum Gasteiger partial charge on any atom is 0.335 e. The number of thioether (sulfide) groups is 1. The molecule has 4 rings (SSSR count). The van der Waals surface area contributed by atoms with Crippen molar-refractivity contribution >= 4 is 29.3 Å². The molecule has 1 saturated heterocycles. The van der Waals surface area contributed by atoms with Crippen LogP contribution in [-0.2, 0) is 4.74 Å². The van der Waals surface area contributed by atoms with E-state index in [0.717, 1.165) is 18.9 Å². The Labute approximate surface area is 175 Å². The number of hydrogen-bond donors (Lipinski definition) is 1. The van der Waals surface area contributed by atoms with Gasteiger partial charge in [-0.25, -0.2) is 9.78 Å². The number of pyridine rings is 1. The number of anilines is 1. The highest BCUT2D eigenvalue weighted by atomic mass is 32.2. The van der Waals surface area contributed by atoms with E-state index in [1.165, 1.54) is 28.6 Å². The van der Waals surface area contributed by atoms with E-state index >= 15 is 0 Å². The van der Waals surface area contributed by atoms with Gasteiger partial charge in [0, 0.05) is 24.8 Å². The molecule has 3 heterocycles. The van der Waals surface area contributed by atoms with Crippen LogP contribution in [0.4, 0.5) is 5.82 Å². The zero-order valence-electron chi connectivity index (χ0n) is 15.8. The van der Waals surface area contributed by atoms with Gasteiger partial charge in [-0.15, -0.1) is 5.10 Å². The van der Waals surface area contributed by atoms with E-state index in [2.05, 4.69) is 25.4 Å². The second-order valence-electron chi connectivity index (χ2n) is 6.44. The molecular formula is C19H18N6O4S. The van der Waals surface area contributed by atoms with E-state index in [4.69, 9.17) is 9.84 Å². The van der Waals surface area contributed by atoms with Crippen LogP contribution >= 0.6 is 11.8 Å². The number of nitrogens with zero attached hydrogens (tertiary/aromatic N) is 6. The predicted molar refractivity (Wildman–Crippen MR) is 108 cm³/mol. The number of aromatic carboxylic acids is 1. The first-order chi connectivity index (χ1) is 14.6. The first-order valence-electron chi connectivity index (χ1n) is 9.18. The van der Waals surface area contributed by atoms with Crippen molar-refractivity contribution in [2.75, 3.05) is 37.0 Å². The number of benzene rings is 1. The maximum atomic E-state index is 12.6. The molecular weight excluding hydrogens is 408 g/mol. The molecule has 1 fully saturated rings. The van der Waals surface area contributed by atoms with Crippen LogP contribution < -0.4 is 4.90 Å². The van der Waals surface area contributed by atoms with Crippen molar-refractivity contribution in [2.24, 2.45) is 0 Å². The van der Waals surface area contributed by atoms with Crippen LogP contribution in [0.2, 0.25) is 0 Å². The smallest absolute Gasteiger partial charge is 0.335 e. The number of carboxylic acids is 1. The molecule has 0 aliphatic carbocycles. The van der Waals surface area contributed by atoms with Crippen LogP contribution in [0.3, 0.4) is 0 Å². The Hall–Kier alpha value is -3.31. The Bertz CT molecular complexity index is 1030. The summed E-state index contributed by atoms with van der Waals surface area (Å²) < 4.78 is 6.80. The monoisotopic (exact) mass is 426 g/mol. The highest BCUT2D eigenvalue weighted by Gasteiger charge is 2.16. The van der Waals surface area contributed by atoms with Crippen molar-refractivity contribution in [3.63, 3.8) is 0 Å². The number of aromatic nitrogens is 5. The molecule has 2 aromatic heterocycles. The minimum absolute atomic E-state index is 0.0863. The molecule has 1 aliphatic rings. The fourth-order valence-corrected chi connectivity index (χ4v) is 3.71. The van der Waals surface area contributed by atoms with Gasteiger partial charge in [-0.2, -0.15) is 4.68 Å². The lowest BCUT2D eigenvalue weighted by Gasteiger charge is -2.27. The third-order valence-corrected chi connectivity index (χ3v) is 5.46. The molecule has 3 aromatic rings. The average molecular weight is 426 g/mol. The van der Waals surface area contributed by atoms with Gasteiger partial charge in [-0.3, -0.25) is 4.79 Å². The van der Waals surface area contributed by atoms with Gasteiger partial charge < -0.3 is 14.7 Å². The van der Waals surface area contributed by atoms with Crippen LogP contribution in [0.25, 0.3) is 5.69 Å². The van der Waals surface area contributed by atoms with Gasteiger partial charge in [0.1, 0.15) is 5.82 Å². The molecule has 0 radical (unpaired) electrons. The number of carboxylic acid groups (broad SMARTS) is 1. The summed E-state index contributed by atoms with van der Waals surface area (Å²) in [6.45, 7) is 2.91. The maximum absolute atomic E-state index is 12.6. The summed E-state index contributed by atoms with van der Waals surface area (Å²) in [5.74, 6) is -0.119. The molecule has 1 N–H and O–H groups in total. The summed E-state index contributed by atoms with van der Waals surface area (Å²) in [6, 6.07) is 9.78. The Kier molecular flexibility index (Phi) is 6.00. The van der Waals surface area contributed by atoms with E-state index in [9.17, 15) is 9.59 Å². The number of tetrazole rings is 1. The largest absolute Gasteiger partial charge is 0.478 e. The van der Waals surface area contributed by atoms with Crippen LogP contribution in [0.15, 0.2) is 47.8 Å². The highest BCUT2D eigenvalue weighted by Crippen LogP contribution is 2.20. The summed E-state index contributed by atoms with van der Waals surface area (Å²) in [7, 11) is 0. The Morgan fingerprint density at radius 1 is 1.07 bits per heavy atom. The molecule has 154 valence electrons. The standard InChI is InChI=1S/C19H18N6O4S/c26-16(14-3-6-17(20-11-14)24-7-9-29-10-8-24)12-30-19-21-22-23-25(19)15-4-1-13(2-5-15)18(27)28/h1-6,11H,7-10,12H2,(H,27,28). The molecule has 1 aliphatic heterocycles. The average Bonchev–Trinajstić information content (AvgIpc) is 3.27. The van der Waals surface area contributed by atoms with Gasteiger partial charge >= 0.3 is 5.97 Å². The molecule has 0 atom stereocenters. The summed E-state index contributed by atoms with van der Waals surface area (Å²) in [4.78, 5) is 30.1. The van der Waals surface area contributed by atoms with Gasteiger partial charge in [0.25, 0.3) is 0 Å². The topological polar surface area (TPSA) is 123 Å². The second-order valence-corrected chi connectivity index (χ2v) is 7.38. The predicted octanol–water partition coefficient (Wildman–Crippen LogP) is 1.57. The van der Waals surface area contributed by atoms with Gasteiger partial charge in [-0.05, 0) is 46.8 Å². The van der Waals surface area contributed by atoms with Gasteiger partial charge in [0.2, 0.25) is 5.16 Å². The van der Waals surface area contributed by atoms with Crippen molar-refractivity contribution in [3.05, 3.63) is 53.7 Å². The third-order valence-electron chi connectivity index (χ3n) is 4.54. The molecule has 0 amide bonds. The molecule has 0 bridgehead atoms. The Morgan fingerprint density at radius 2 is 1.80 bits per heavy atom. The number of ether oxygens (including phenoxy) is 1. The number of carbonyl (C=O) groups excluding carboxylic acids is 1. The normalized spacial score (nSPS) is 13.9. The van der Waals surface area contributed by atoms with Crippen LogP contribution in [0.1, 0.15) is 20.7 Å². The zero-order valence-corrected chi connectivity index (χ0v) is 16.7. The van der Waals surface area contributed by atoms with E-state index in [-0.39, 0.29) is 17.1 Å². The van der Waals surface area contributed by atoms with E-state index in [0.29, 0.717) is 29.6 Å². The number of hydrogen-bond acceptors (Lipinski definition) is 9. The van der Waals surface area contributed by atoms with Crippen LogP contribution in [-0.4, -0.2) is 74.1 Å². The SMILES string of the molecule is O=C(O)c1ccc(-n2nnnc2SCC(=O)c2ccc(N3CCOCC3)nc2)cc1. The first kappa shape index (κ1) is 20.0. The van der Waals surface area contributed by atoms with Crippen molar-refractivity contribution in [3.8, 4) is 5.69 Å². The van der Waals surface area contributed by atoms with Crippen LogP contribution in [0.5, 0.6) is 0 Å². The lowest BCUT2D eigenvalue weighted by atomic mass is 10.2. The molecule has 11 heteroatoms. The number of Topliss-reactive ketones (excluding diaryl/α,β-unsaturated/α-hetero) is 1. The third kappa shape index (κ3) is 4.47. The van der Waals surface area contributed by atoms with E-state index < -0.39 is 5.97 Å². The van der Waals surface area contributed by atoms with Gasteiger partial charge in [-0.1, -0.05) is 11.8 Å². The fourth-order valence-electron chi connectivity index (χ4n) is 2.92. The van der Waals surface area contributed by atoms with Crippen molar-refractivity contribution in [2.45, 2.75) is 5.16 Å². The highest BCUT2D eigenvalue weighted by molar-refractivity contribution is 7.99. The lowest BCUT2D eigenvalue weighted by Crippen LogP contribution is -2.36. The number of rotatable bonds is 7. The van der Waals surface area contributed by atoms with E-state index in [1.54, 1.807) is 24.4 Å². The second kappa shape index (κ2) is 9.01. The lowest BCUT2D eigenvalue weighted by molar-refractivity contribution is 0.0696. The minimum Gasteiger partial charge on any atom is -0.478 e. The van der Waals surface area contributed by atoms with Gasteiger partial charge in [0.05, 0.1) is 30.2 Å². The quantitative estimate of drug-likeness (QED) is 0.440.